The van der Waals surface area contributed by atoms with Gasteiger partial charge in [0.15, 0.2) is 5.82 Å². The first-order valence-corrected chi connectivity index (χ1v) is 9.77. The van der Waals surface area contributed by atoms with Crippen LogP contribution in [0.4, 0.5) is 5.82 Å². The van der Waals surface area contributed by atoms with Crippen LogP contribution in [0.5, 0.6) is 0 Å². The van der Waals surface area contributed by atoms with Crippen molar-refractivity contribution in [1.82, 2.24) is 15.1 Å². The Labute approximate surface area is 165 Å². The van der Waals surface area contributed by atoms with Crippen LogP contribution in [-0.4, -0.2) is 47.2 Å². The van der Waals surface area contributed by atoms with Gasteiger partial charge in [-0.15, -0.1) is 10.2 Å². The number of benzene rings is 2. The quantitative estimate of drug-likeness (QED) is 0.701. The maximum atomic E-state index is 12.6. The van der Waals surface area contributed by atoms with Crippen LogP contribution in [0.3, 0.4) is 0 Å². The van der Waals surface area contributed by atoms with E-state index in [4.69, 9.17) is 0 Å². The van der Waals surface area contributed by atoms with Gasteiger partial charge in [0.2, 0.25) is 0 Å². The topological polar surface area (TPSA) is 49.3 Å². The standard InChI is InChI=1S/C23H24N4O/c1-2-18-8-10-19(11-9-18)21-12-13-22(25-24-21)26-14-16-27(17-15-26)23(28)20-6-4-3-5-7-20/h3-13H,2,14-17H2,1H3. The highest BCUT2D eigenvalue weighted by Crippen LogP contribution is 2.20. The van der Waals surface area contributed by atoms with Gasteiger partial charge in [-0.3, -0.25) is 4.79 Å². The van der Waals surface area contributed by atoms with E-state index >= 15 is 0 Å². The zero-order valence-electron chi connectivity index (χ0n) is 16.1. The third-order valence-corrected chi connectivity index (χ3v) is 5.22. The molecule has 0 saturated carbocycles. The van der Waals surface area contributed by atoms with Crippen LogP contribution in [0.25, 0.3) is 11.3 Å². The highest BCUT2D eigenvalue weighted by molar-refractivity contribution is 5.94. The summed E-state index contributed by atoms with van der Waals surface area (Å²) in [6, 6.07) is 21.9. The van der Waals surface area contributed by atoms with E-state index in [0.717, 1.165) is 42.1 Å². The van der Waals surface area contributed by atoms with Crippen molar-refractivity contribution in [2.45, 2.75) is 13.3 Å². The van der Waals surface area contributed by atoms with Crippen molar-refractivity contribution in [2.75, 3.05) is 31.1 Å². The van der Waals surface area contributed by atoms with Crippen LogP contribution in [0.1, 0.15) is 22.8 Å². The van der Waals surface area contributed by atoms with E-state index in [2.05, 4.69) is 46.3 Å². The molecule has 1 aliphatic heterocycles. The fourth-order valence-corrected chi connectivity index (χ4v) is 3.46. The lowest BCUT2D eigenvalue weighted by atomic mass is 10.1. The minimum absolute atomic E-state index is 0.0946. The maximum Gasteiger partial charge on any atom is 0.253 e. The van der Waals surface area contributed by atoms with Gasteiger partial charge in [0.25, 0.3) is 5.91 Å². The summed E-state index contributed by atoms with van der Waals surface area (Å²) in [6.07, 6.45) is 1.03. The fraction of sp³-hybridized carbons (Fsp3) is 0.261. The Morgan fingerprint density at radius 1 is 0.857 bits per heavy atom. The summed E-state index contributed by atoms with van der Waals surface area (Å²) in [5.74, 6) is 0.956. The molecule has 1 aromatic heterocycles. The number of piperazine rings is 1. The summed E-state index contributed by atoms with van der Waals surface area (Å²) in [6.45, 7) is 5.05. The molecule has 0 radical (unpaired) electrons. The maximum absolute atomic E-state index is 12.6. The number of anilines is 1. The van der Waals surface area contributed by atoms with Gasteiger partial charge in [-0.25, -0.2) is 0 Å². The lowest BCUT2D eigenvalue weighted by molar-refractivity contribution is 0.0746. The van der Waals surface area contributed by atoms with Gasteiger partial charge in [-0.1, -0.05) is 49.4 Å². The molecule has 5 heteroatoms. The molecule has 1 amide bonds. The summed E-state index contributed by atoms with van der Waals surface area (Å²) >= 11 is 0. The normalized spacial score (nSPS) is 14.2. The van der Waals surface area contributed by atoms with Crippen molar-refractivity contribution < 1.29 is 4.79 Å². The van der Waals surface area contributed by atoms with Crippen LogP contribution in [0, 0.1) is 0 Å². The van der Waals surface area contributed by atoms with Crippen LogP contribution >= 0.6 is 0 Å². The van der Waals surface area contributed by atoms with Crippen molar-refractivity contribution >= 4 is 11.7 Å². The largest absolute Gasteiger partial charge is 0.352 e. The minimum atomic E-state index is 0.0946. The van der Waals surface area contributed by atoms with E-state index in [1.54, 1.807) is 0 Å². The molecule has 1 fully saturated rings. The second-order valence-electron chi connectivity index (χ2n) is 6.97. The molecule has 142 valence electrons. The first-order chi connectivity index (χ1) is 13.7. The van der Waals surface area contributed by atoms with Crippen molar-refractivity contribution in [3.05, 3.63) is 77.9 Å². The first-order valence-electron chi connectivity index (χ1n) is 9.77. The lowest BCUT2D eigenvalue weighted by Crippen LogP contribution is -2.49. The molecule has 1 aliphatic rings. The molecule has 0 unspecified atom stereocenters. The zero-order valence-corrected chi connectivity index (χ0v) is 16.1. The Hall–Kier alpha value is -3.21. The van der Waals surface area contributed by atoms with E-state index < -0.39 is 0 Å². The second-order valence-corrected chi connectivity index (χ2v) is 6.97. The smallest absolute Gasteiger partial charge is 0.253 e. The van der Waals surface area contributed by atoms with E-state index in [1.807, 2.05) is 47.4 Å². The molecule has 0 spiro atoms. The molecule has 4 rings (SSSR count). The summed E-state index contributed by atoms with van der Waals surface area (Å²) in [5.41, 5.74) is 4.02. The minimum Gasteiger partial charge on any atom is -0.352 e. The molecule has 5 nitrogen and oxygen atoms in total. The van der Waals surface area contributed by atoms with E-state index in [1.165, 1.54) is 5.56 Å². The Morgan fingerprint density at radius 2 is 1.57 bits per heavy atom. The molecule has 2 heterocycles. The summed E-state index contributed by atoms with van der Waals surface area (Å²) < 4.78 is 0. The number of hydrogen-bond donors (Lipinski definition) is 0. The number of carbonyl (C=O) groups is 1. The summed E-state index contributed by atoms with van der Waals surface area (Å²) in [5, 5.41) is 8.83. The summed E-state index contributed by atoms with van der Waals surface area (Å²) in [4.78, 5) is 16.7. The van der Waals surface area contributed by atoms with Gasteiger partial charge in [-0.05, 0) is 36.2 Å². The first kappa shape index (κ1) is 18.2. The summed E-state index contributed by atoms with van der Waals surface area (Å²) in [7, 11) is 0. The van der Waals surface area contributed by atoms with Crippen molar-refractivity contribution in [1.29, 1.82) is 0 Å². The molecule has 28 heavy (non-hydrogen) atoms. The van der Waals surface area contributed by atoms with Gasteiger partial charge in [0, 0.05) is 37.3 Å². The number of rotatable bonds is 4. The molecule has 0 N–H and O–H groups in total. The third kappa shape index (κ3) is 3.88. The molecular weight excluding hydrogens is 348 g/mol. The Bertz CT molecular complexity index is 915. The molecule has 0 atom stereocenters. The number of carbonyl (C=O) groups excluding carboxylic acids is 1. The number of nitrogens with zero attached hydrogens (tertiary/aromatic N) is 4. The Kier molecular flexibility index (Phi) is 5.33. The van der Waals surface area contributed by atoms with Crippen molar-refractivity contribution in [3.8, 4) is 11.3 Å². The third-order valence-electron chi connectivity index (χ3n) is 5.22. The van der Waals surface area contributed by atoms with Crippen LogP contribution in [-0.2, 0) is 6.42 Å². The van der Waals surface area contributed by atoms with E-state index in [-0.39, 0.29) is 5.91 Å². The molecular formula is C23H24N4O. The average molecular weight is 372 g/mol. The van der Waals surface area contributed by atoms with E-state index in [9.17, 15) is 4.79 Å². The van der Waals surface area contributed by atoms with E-state index in [0.29, 0.717) is 13.1 Å². The lowest BCUT2D eigenvalue weighted by Gasteiger charge is -2.35. The molecule has 1 saturated heterocycles. The van der Waals surface area contributed by atoms with Crippen LogP contribution in [0.2, 0.25) is 0 Å². The average Bonchev–Trinajstić information content (AvgIpc) is 2.79. The number of amides is 1. The molecule has 0 aliphatic carbocycles. The van der Waals surface area contributed by atoms with Gasteiger partial charge in [0.05, 0.1) is 5.69 Å². The van der Waals surface area contributed by atoms with Gasteiger partial charge in [0.1, 0.15) is 0 Å². The predicted octanol–water partition coefficient (Wildman–Crippen LogP) is 3.67. The van der Waals surface area contributed by atoms with Crippen molar-refractivity contribution in [3.63, 3.8) is 0 Å². The molecule has 0 bridgehead atoms. The van der Waals surface area contributed by atoms with Gasteiger partial charge < -0.3 is 9.80 Å². The van der Waals surface area contributed by atoms with Crippen LogP contribution in [0.15, 0.2) is 66.7 Å². The highest BCUT2D eigenvalue weighted by Gasteiger charge is 2.22. The predicted molar refractivity (Wildman–Crippen MR) is 111 cm³/mol. The fourth-order valence-electron chi connectivity index (χ4n) is 3.46. The molecule has 2 aromatic carbocycles. The zero-order chi connectivity index (χ0) is 19.3. The second kappa shape index (κ2) is 8.21. The van der Waals surface area contributed by atoms with Crippen LogP contribution < -0.4 is 4.90 Å². The number of hydrogen-bond acceptors (Lipinski definition) is 4. The highest BCUT2D eigenvalue weighted by atomic mass is 16.2. The Balaban J connectivity index is 1.38. The Morgan fingerprint density at radius 3 is 2.18 bits per heavy atom. The van der Waals surface area contributed by atoms with Crippen molar-refractivity contribution in [2.24, 2.45) is 0 Å². The van der Waals surface area contributed by atoms with Gasteiger partial charge in [-0.2, -0.15) is 0 Å². The molecule has 3 aromatic rings. The number of aryl methyl sites for hydroxylation is 1. The monoisotopic (exact) mass is 372 g/mol. The van der Waals surface area contributed by atoms with Gasteiger partial charge >= 0.3 is 0 Å². The SMILES string of the molecule is CCc1ccc(-c2ccc(N3CCN(C(=O)c4ccccc4)CC3)nn2)cc1. The number of aromatic nitrogens is 2.